The van der Waals surface area contributed by atoms with Crippen LogP contribution in [0, 0.1) is 6.92 Å². The molecule has 0 fully saturated rings. The minimum absolute atomic E-state index is 0.0560. The molecule has 2 aromatic carbocycles. The monoisotopic (exact) mass is 278 g/mol. The van der Waals surface area contributed by atoms with Crippen LogP contribution in [0.25, 0.3) is 10.8 Å². The van der Waals surface area contributed by atoms with Crippen molar-refractivity contribution in [3.05, 3.63) is 72.1 Å². The molecular formula is C17H14N2O2. The molecule has 1 heterocycles. The van der Waals surface area contributed by atoms with Crippen LogP contribution in [-0.4, -0.2) is 10.9 Å². The van der Waals surface area contributed by atoms with Gasteiger partial charge in [0.05, 0.1) is 0 Å². The van der Waals surface area contributed by atoms with Crippen molar-refractivity contribution >= 4 is 22.4 Å². The first kappa shape index (κ1) is 13.1. The van der Waals surface area contributed by atoms with Crippen molar-refractivity contribution in [2.75, 3.05) is 5.32 Å². The number of anilines is 1. The molecule has 0 spiro atoms. The normalized spacial score (nSPS) is 11.1. The van der Waals surface area contributed by atoms with E-state index in [2.05, 4.69) is 10.5 Å². The Morgan fingerprint density at radius 2 is 2.00 bits per heavy atom. The molecule has 0 saturated carbocycles. The topological polar surface area (TPSA) is 55.1 Å². The SMILES string of the molecule is Cc1cc(N/C=C\C(=O)c2cccc3ccccc23)no1. The van der Waals surface area contributed by atoms with Crippen molar-refractivity contribution in [3.63, 3.8) is 0 Å². The average molecular weight is 278 g/mol. The van der Waals surface area contributed by atoms with E-state index in [1.165, 1.54) is 6.08 Å². The highest BCUT2D eigenvalue weighted by atomic mass is 16.5. The molecule has 0 aliphatic carbocycles. The van der Waals surface area contributed by atoms with Gasteiger partial charge >= 0.3 is 0 Å². The molecule has 0 aliphatic heterocycles. The third-order valence-corrected chi connectivity index (χ3v) is 3.15. The van der Waals surface area contributed by atoms with Crippen molar-refractivity contribution in [1.29, 1.82) is 0 Å². The number of aromatic nitrogens is 1. The van der Waals surface area contributed by atoms with Crippen LogP contribution in [0.2, 0.25) is 0 Å². The molecule has 1 N–H and O–H groups in total. The lowest BCUT2D eigenvalue weighted by Gasteiger charge is -2.02. The fourth-order valence-electron chi connectivity index (χ4n) is 2.17. The van der Waals surface area contributed by atoms with Gasteiger partial charge in [0.2, 0.25) is 0 Å². The molecule has 3 rings (SSSR count). The Morgan fingerprint density at radius 3 is 2.81 bits per heavy atom. The summed E-state index contributed by atoms with van der Waals surface area (Å²) in [6, 6.07) is 15.3. The zero-order valence-corrected chi connectivity index (χ0v) is 11.5. The molecule has 0 aliphatic rings. The Morgan fingerprint density at radius 1 is 1.19 bits per heavy atom. The number of rotatable bonds is 4. The van der Waals surface area contributed by atoms with Gasteiger partial charge < -0.3 is 9.84 Å². The van der Waals surface area contributed by atoms with Gasteiger partial charge in [-0.25, -0.2) is 0 Å². The number of hydrogen-bond acceptors (Lipinski definition) is 4. The van der Waals surface area contributed by atoms with Gasteiger partial charge in [-0.3, -0.25) is 4.79 Å². The van der Waals surface area contributed by atoms with E-state index in [0.717, 1.165) is 10.8 Å². The second kappa shape index (κ2) is 5.63. The van der Waals surface area contributed by atoms with E-state index in [9.17, 15) is 4.79 Å². The zero-order valence-electron chi connectivity index (χ0n) is 11.5. The first-order valence-corrected chi connectivity index (χ1v) is 6.62. The Labute approximate surface area is 122 Å². The van der Waals surface area contributed by atoms with Crippen LogP contribution in [0.3, 0.4) is 0 Å². The second-order valence-electron chi connectivity index (χ2n) is 4.69. The van der Waals surface area contributed by atoms with Gasteiger partial charge in [-0.15, -0.1) is 0 Å². The van der Waals surface area contributed by atoms with Crippen LogP contribution in [0.1, 0.15) is 16.1 Å². The molecule has 4 nitrogen and oxygen atoms in total. The molecule has 0 bridgehead atoms. The summed E-state index contributed by atoms with van der Waals surface area (Å²) >= 11 is 0. The quantitative estimate of drug-likeness (QED) is 0.580. The minimum atomic E-state index is -0.0560. The van der Waals surface area contributed by atoms with Gasteiger partial charge in [0.15, 0.2) is 11.6 Å². The Hall–Kier alpha value is -2.88. The van der Waals surface area contributed by atoms with Crippen LogP contribution in [0.15, 0.2) is 65.3 Å². The number of carbonyl (C=O) groups excluding carboxylic acids is 1. The highest BCUT2D eigenvalue weighted by molar-refractivity contribution is 6.13. The Balaban J connectivity index is 1.81. The van der Waals surface area contributed by atoms with E-state index in [1.807, 2.05) is 49.4 Å². The van der Waals surface area contributed by atoms with E-state index >= 15 is 0 Å². The predicted octanol–water partition coefficient (Wildman–Crippen LogP) is 3.94. The molecule has 0 atom stereocenters. The van der Waals surface area contributed by atoms with Gasteiger partial charge in [0.25, 0.3) is 0 Å². The van der Waals surface area contributed by atoms with Crippen LogP contribution in [0.5, 0.6) is 0 Å². The maximum absolute atomic E-state index is 12.3. The lowest BCUT2D eigenvalue weighted by molar-refractivity contribution is 0.104. The van der Waals surface area contributed by atoms with E-state index in [1.54, 1.807) is 12.3 Å². The Kier molecular flexibility index (Phi) is 3.51. The number of aryl methyl sites for hydroxylation is 1. The molecule has 0 saturated heterocycles. The van der Waals surface area contributed by atoms with Crippen LogP contribution >= 0.6 is 0 Å². The highest BCUT2D eigenvalue weighted by Crippen LogP contribution is 2.19. The molecule has 104 valence electrons. The molecule has 0 radical (unpaired) electrons. The number of ketones is 1. The number of nitrogens with zero attached hydrogens (tertiary/aromatic N) is 1. The second-order valence-corrected chi connectivity index (χ2v) is 4.69. The van der Waals surface area contributed by atoms with Crippen LogP contribution < -0.4 is 5.32 Å². The van der Waals surface area contributed by atoms with Crippen LogP contribution in [-0.2, 0) is 0 Å². The van der Waals surface area contributed by atoms with Gasteiger partial charge in [0, 0.05) is 23.9 Å². The molecule has 4 heteroatoms. The summed E-state index contributed by atoms with van der Waals surface area (Å²) in [6.45, 7) is 1.81. The molecule has 0 amide bonds. The van der Waals surface area contributed by atoms with Gasteiger partial charge in [-0.05, 0) is 17.7 Å². The largest absolute Gasteiger partial charge is 0.360 e. The van der Waals surface area contributed by atoms with Gasteiger partial charge in [-0.1, -0.05) is 47.6 Å². The third kappa shape index (κ3) is 2.84. The smallest absolute Gasteiger partial charge is 0.187 e. The third-order valence-electron chi connectivity index (χ3n) is 3.15. The highest BCUT2D eigenvalue weighted by Gasteiger charge is 2.06. The summed E-state index contributed by atoms with van der Waals surface area (Å²) < 4.78 is 4.93. The lowest BCUT2D eigenvalue weighted by Crippen LogP contribution is -1.97. The zero-order chi connectivity index (χ0) is 14.7. The molecule has 1 aromatic heterocycles. The van der Waals surface area contributed by atoms with Gasteiger partial charge in [-0.2, -0.15) is 0 Å². The van der Waals surface area contributed by atoms with Crippen molar-refractivity contribution < 1.29 is 9.32 Å². The van der Waals surface area contributed by atoms with E-state index in [4.69, 9.17) is 4.52 Å². The number of benzene rings is 2. The summed E-state index contributed by atoms with van der Waals surface area (Å²) in [5.74, 6) is 1.24. The fraction of sp³-hybridized carbons (Fsp3) is 0.0588. The van der Waals surface area contributed by atoms with E-state index < -0.39 is 0 Å². The fourth-order valence-corrected chi connectivity index (χ4v) is 2.17. The van der Waals surface area contributed by atoms with Crippen molar-refractivity contribution in [1.82, 2.24) is 5.16 Å². The molecule has 0 unspecified atom stereocenters. The maximum Gasteiger partial charge on any atom is 0.187 e. The minimum Gasteiger partial charge on any atom is -0.360 e. The number of allylic oxidation sites excluding steroid dienone is 1. The van der Waals surface area contributed by atoms with Crippen LogP contribution in [0.4, 0.5) is 5.82 Å². The molecule has 21 heavy (non-hydrogen) atoms. The predicted molar refractivity (Wildman–Crippen MR) is 82.3 cm³/mol. The number of fused-ring (bicyclic) bond motifs is 1. The van der Waals surface area contributed by atoms with Crippen molar-refractivity contribution in [2.45, 2.75) is 6.92 Å². The van der Waals surface area contributed by atoms with Crippen molar-refractivity contribution in [2.24, 2.45) is 0 Å². The van der Waals surface area contributed by atoms with Gasteiger partial charge in [0.1, 0.15) is 5.76 Å². The summed E-state index contributed by atoms with van der Waals surface area (Å²) in [7, 11) is 0. The average Bonchev–Trinajstić information content (AvgIpc) is 2.92. The lowest BCUT2D eigenvalue weighted by atomic mass is 10.0. The maximum atomic E-state index is 12.3. The Bertz CT molecular complexity index is 813. The summed E-state index contributed by atoms with van der Waals surface area (Å²) in [6.07, 6.45) is 3.06. The summed E-state index contributed by atoms with van der Waals surface area (Å²) in [5, 5.41) is 8.70. The van der Waals surface area contributed by atoms with E-state index in [-0.39, 0.29) is 5.78 Å². The molecule has 3 aromatic rings. The van der Waals surface area contributed by atoms with E-state index in [0.29, 0.717) is 17.1 Å². The number of nitrogens with one attached hydrogen (secondary N) is 1. The first-order valence-electron chi connectivity index (χ1n) is 6.62. The summed E-state index contributed by atoms with van der Waals surface area (Å²) in [4.78, 5) is 12.3. The number of carbonyl (C=O) groups is 1. The molecular weight excluding hydrogens is 264 g/mol. The first-order chi connectivity index (χ1) is 10.2. The van der Waals surface area contributed by atoms with Crippen molar-refractivity contribution in [3.8, 4) is 0 Å². The summed E-state index contributed by atoms with van der Waals surface area (Å²) in [5.41, 5.74) is 0.683. The standard InChI is InChI=1S/C17H14N2O2/c1-12-11-17(19-21-12)18-10-9-16(20)15-8-4-6-13-5-2-3-7-14(13)15/h2-11H,1H3,(H,18,19)/b10-9-. The number of hydrogen-bond donors (Lipinski definition) is 1.